The number of amides is 1. The molecule has 0 unspecified atom stereocenters. The number of carbonyl (C=O) groups is 2. The highest BCUT2D eigenvalue weighted by Gasteiger charge is 2.33. The molecule has 2 fully saturated rings. The number of benzene rings is 1. The van der Waals surface area contributed by atoms with Crippen molar-refractivity contribution in [2.24, 2.45) is 17.6 Å². The van der Waals surface area contributed by atoms with E-state index >= 15 is 0 Å². The molecule has 30 heavy (non-hydrogen) atoms. The molecule has 0 radical (unpaired) electrons. The average Bonchev–Trinajstić information content (AvgIpc) is 2.69. The first-order valence-corrected chi connectivity index (χ1v) is 12.6. The van der Waals surface area contributed by atoms with Gasteiger partial charge in [0, 0.05) is 38.2 Å². The highest BCUT2D eigenvalue weighted by Crippen LogP contribution is 2.28. The summed E-state index contributed by atoms with van der Waals surface area (Å²) in [6, 6.07) is 3.63. The van der Waals surface area contributed by atoms with Crippen molar-refractivity contribution in [1.82, 2.24) is 4.90 Å². The van der Waals surface area contributed by atoms with E-state index in [1.54, 1.807) is 0 Å². The molecule has 1 aromatic carbocycles. The van der Waals surface area contributed by atoms with Crippen molar-refractivity contribution in [3.05, 3.63) is 29.6 Å². The summed E-state index contributed by atoms with van der Waals surface area (Å²) >= 11 is 0. The summed E-state index contributed by atoms with van der Waals surface area (Å²) in [6.45, 7) is 1.27. The summed E-state index contributed by atoms with van der Waals surface area (Å²) in [6.07, 6.45) is 6.74. The van der Waals surface area contributed by atoms with Crippen LogP contribution in [0.5, 0.6) is 0 Å². The number of nitrogens with two attached hydrogens (primary N) is 1. The summed E-state index contributed by atoms with van der Waals surface area (Å²) in [5.41, 5.74) is 6.36. The van der Waals surface area contributed by atoms with Gasteiger partial charge >= 0.3 is 0 Å². The Morgan fingerprint density at radius 2 is 1.80 bits per heavy atom. The largest absolute Gasteiger partial charge is 0.342 e. The third kappa shape index (κ3) is 5.66. The third-order valence-electron chi connectivity index (χ3n) is 6.42. The number of Topliss-reactive ketones (excluding diaryl/α,β-unsaturated/α-hetero) is 1. The molecule has 2 N–H and O–H groups in total. The lowest BCUT2D eigenvalue weighted by Gasteiger charge is -2.37. The maximum Gasteiger partial charge on any atom is 0.227 e. The second-order valence-electron chi connectivity index (χ2n) is 8.77. The Kier molecular flexibility index (Phi) is 7.29. The number of halogens is 1. The number of sulfone groups is 1. The van der Waals surface area contributed by atoms with E-state index in [0.717, 1.165) is 50.8 Å². The molecule has 1 heterocycles. The minimum atomic E-state index is -3.48. The number of carbonyl (C=O) groups excluding carboxylic acids is 2. The van der Waals surface area contributed by atoms with E-state index in [1.807, 2.05) is 4.90 Å². The van der Waals surface area contributed by atoms with Gasteiger partial charge in [0.15, 0.2) is 9.84 Å². The monoisotopic (exact) mass is 438 g/mol. The molecule has 1 saturated carbocycles. The fourth-order valence-corrected chi connectivity index (χ4v) is 5.20. The van der Waals surface area contributed by atoms with Gasteiger partial charge in [-0.1, -0.05) is 18.9 Å². The topological polar surface area (TPSA) is 97.5 Å². The molecule has 1 aliphatic carbocycles. The average molecular weight is 439 g/mol. The Morgan fingerprint density at radius 1 is 1.13 bits per heavy atom. The van der Waals surface area contributed by atoms with Crippen molar-refractivity contribution in [2.75, 3.05) is 19.3 Å². The van der Waals surface area contributed by atoms with Crippen LogP contribution in [0.15, 0.2) is 23.1 Å². The van der Waals surface area contributed by atoms with Crippen molar-refractivity contribution in [1.29, 1.82) is 0 Å². The zero-order chi connectivity index (χ0) is 21.9. The van der Waals surface area contributed by atoms with Crippen molar-refractivity contribution >= 4 is 21.5 Å². The van der Waals surface area contributed by atoms with E-state index in [0.29, 0.717) is 19.5 Å². The van der Waals surface area contributed by atoms with Gasteiger partial charge in [0.1, 0.15) is 11.6 Å². The number of ketones is 1. The summed E-state index contributed by atoms with van der Waals surface area (Å²) in [5.74, 6) is -0.481. The van der Waals surface area contributed by atoms with Crippen molar-refractivity contribution in [2.45, 2.75) is 62.3 Å². The molecule has 8 heteroatoms. The summed E-state index contributed by atoms with van der Waals surface area (Å²) in [4.78, 5) is 27.0. The van der Waals surface area contributed by atoms with Crippen LogP contribution in [0.2, 0.25) is 0 Å². The third-order valence-corrected chi connectivity index (χ3v) is 7.53. The Morgan fingerprint density at radius 3 is 2.40 bits per heavy atom. The Labute approximate surface area is 177 Å². The van der Waals surface area contributed by atoms with Crippen molar-refractivity contribution in [3.8, 4) is 0 Å². The molecular weight excluding hydrogens is 407 g/mol. The fourth-order valence-electron chi connectivity index (χ4n) is 4.57. The van der Waals surface area contributed by atoms with E-state index in [9.17, 15) is 22.4 Å². The van der Waals surface area contributed by atoms with Gasteiger partial charge in [-0.3, -0.25) is 9.59 Å². The molecule has 166 valence electrons. The standard InChI is InChI=1S/C22H31FN2O4S/c1-30(28,29)18-7-6-16(20(23)14-18)13-17(26)12-15-8-10-25(11-9-15)22(27)19-4-2-3-5-21(19)24/h6-7,14-15,19,21H,2-5,8-13,24H2,1H3/t19-,21-/m0/s1. The zero-order valence-electron chi connectivity index (χ0n) is 17.5. The predicted molar refractivity (Wildman–Crippen MR) is 112 cm³/mol. The molecule has 2 atom stereocenters. The lowest BCUT2D eigenvalue weighted by molar-refractivity contribution is -0.138. The molecule has 1 aromatic rings. The number of hydrogen-bond acceptors (Lipinski definition) is 5. The Hall–Kier alpha value is -1.80. The first kappa shape index (κ1) is 22.9. The van der Waals surface area contributed by atoms with Gasteiger partial charge in [0.2, 0.25) is 5.91 Å². The Bertz CT molecular complexity index is 894. The predicted octanol–water partition coefficient (Wildman–Crippen LogP) is 2.49. The van der Waals surface area contributed by atoms with Crippen LogP contribution in [-0.2, 0) is 25.8 Å². The molecule has 0 aromatic heterocycles. The highest BCUT2D eigenvalue weighted by molar-refractivity contribution is 7.90. The normalized spacial score (nSPS) is 23.4. The van der Waals surface area contributed by atoms with Crippen LogP contribution in [-0.4, -0.2) is 50.4 Å². The molecule has 0 spiro atoms. The maximum atomic E-state index is 14.2. The quantitative estimate of drug-likeness (QED) is 0.736. The molecule has 6 nitrogen and oxygen atoms in total. The number of rotatable bonds is 6. The summed E-state index contributed by atoms with van der Waals surface area (Å²) < 4.78 is 37.2. The van der Waals surface area contributed by atoms with Crippen molar-refractivity contribution in [3.63, 3.8) is 0 Å². The minimum Gasteiger partial charge on any atom is -0.342 e. The lowest BCUT2D eigenvalue weighted by Crippen LogP contribution is -2.48. The molecule has 2 aliphatic rings. The molecule has 1 aliphatic heterocycles. The van der Waals surface area contributed by atoms with E-state index in [-0.39, 0.29) is 46.4 Å². The smallest absolute Gasteiger partial charge is 0.227 e. The SMILES string of the molecule is CS(=O)(=O)c1ccc(CC(=O)CC2CCN(C(=O)[C@H]3CCCC[C@@H]3N)CC2)c(F)c1. The van der Waals surface area contributed by atoms with Crippen LogP contribution < -0.4 is 5.73 Å². The van der Waals surface area contributed by atoms with E-state index < -0.39 is 15.7 Å². The van der Waals surface area contributed by atoms with Gasteiger partial charge in [-0.25, -0.2) is 12.8 Å². The van der Waals surface area contributed by atoms with Crippen LogP contribution in [0.25, 0.3) is 0 Å². The van der Waals surface area contributed by atoms with Gasteiger partial charge in [-0.05, 0) is 49.3 Å². The van der Waals surface area contributed by atoms with E-state index in [4.69, 9.17) is 5.73 Å². The minimum absolute atomic E-state index is 0.0467. The van der Waals surface area contributed by atoms with Gasteiger partial charge in [0.05, 0.1) is 10.8 Å². The van der Waals surface area contributed by atoms with Crippen LogP contribution >= 0.6 is 0 Å². The van der Waals surface area contributed by atoms with Crippen LogP contribution in [0.3, 0.4) is 0 Å². The molecular formula is C22H31FN2O4S. The van der Waals surface area contributed by atoms with E-state index in [1.165, 1.54) is 12.1 Å². The van der Waals surface area contributed by atoms with E-state index in [2.05, 4.69) is 0 Å². The van der Waals surface area contributed by atoms with Gasteiger partial charge in [-0.2, -0.15) is 0 Å². The first-order valence-electron chi connectivity index (χ1n) is 10.7. The number of likely N-dealkylation sites (tertiary alicyclic amines) is 1. The summed E-state index contributed by atoms with van der Waals surface area (Å²) in [5, 5.41) is 0. The second kappa shape index (κ2) is 9.56. The first-order chi connectivity index (χ1) is 14.1. The molecule has 1 saturated heterocycles. The number of hydrogen-bond donors (Lipinski definition) is 1. The zero-order valence-corrected chi connectivity index (χ0v) is 18.3. The van der Waals surface area contributed by atoms with Crippen LogP contribution in [0, 0.1) is 17.7 Å². The summed E-state index contributed by atoms with van der Waals surface area (Å²) in [7, 11) is -3.48. The Balaban J connectivity index is 1.49. The van der Waals surface area contributed by atoms with Crippen LogP contribution in [0.1, 0.15) is 50.5 Å². The maximum absolute atomic E-state index is 14.2. The molecule has 3 rings (SSSR count). The number of piperidine rings is 1. The number of nitrogens with zero attached hydrogens (tertiary/aromatic N) is 1. The van der Waals surface area contributed by atoms with Gasteiger partial charge < -0.3 is 10.6 Å². The van der Waals surface area contributed by atoms with Crippen molar-refractivity contribution < 1.29 is 22.4 Å². The lowest BCUT2D eigenvalue weighted by atomic mass is 9.83. The van der Waals surface area contributed by atoms with Gasteiger partial charge in [-0.15, -0.1) is 0 Å². The highest BCUT2D eigenvalue weighted by atomic mass is 32.2. The fraction of sp³-hybridized carbons (Fsp3) is 0.636. The molecule has 1 amide bonds. The van der Waals surface area contributed by atoms with Gasteiger partial charge in [0.25, 0.3) is 0 Å². The van der Waals surface area contributed by atoms with Crippen LogP contribution in [0.4, 0.5) is 4.39 Å². The second-order valence-corrected chi connectivity index (χ2v) is 10.8. The molecule has 0 bridgehead atoms.